The summed E-state index contributed by atoms with van der Waals surface area (Å²) < 4.78 is 82.4. The molecule has 8 heteroatoms. The van der Waals surface area contributed by atoms with E-state index in [9.17, 15) is 0 Å². The monoisotopic (exact) mass is 1160 g/mol. The maximum absolute atomic E-state index is 8.92. The van der Waals surface area contributed by atoms with E-state index in [2.05, 4.69) is 178 Å². The summed E-state index contributed by atoms with van der Waals surface area (Å²) in [5, 5.41) is 19.3. The van der Waals surface area contributed by atoms with Crippen LogP contribution in [0, 0.1) is 24.6 Å². The van der Waals surface area contributed by atoms with Crippen LogP contribution in [0.4, 0.5) is 0 Å². The van der Waals surface area contributed by atoms with Crippen LogP contribution in [0.1, 0.15) is 116 Å². The van der Waals surface area contributed by atoms with E-state index in [1.165, 1.54) is 70.7 Å². The third kappa shape index (κ3) is 10.6. The molecule has 86 heavy (non-hydrogen) atoms. The summed E-state index contributed by atoms with van der Waals surface area (Å²) in [7, 11) is -0.474. The Bertz CT molecular complexity index is 5190. The van der Waals surface area contributed by atoms with Crippen molar-refractivity contribution in [3.63, 3.8) is 0 Å². The van der Waals surface area contributed by atoms with Gasteiger partial charge in [0.2, 0.25) is 0 Å². The smallest absolute Gasteiger partial charge is 0.456 e. The largest absolute Gasteiger partial charge is 0.498 e. The van der Waals surface area contributed by atoms with Crippen LogP contribution in [0.25, 0.3) is 120 Å². The zero-order valence-corrected chi connectivity index (χ0v) is 50.1. The third-order valence-corrected chi connectivity index (χ3v) is 16.7. The Kier molecular flexibility index (Phi) is 13.3. The van der Waals surface area contributed by atoms with Crippen LogP contribution in [0.5, 0.6) is 0 Å². The topological polar surface area (TPSA) is 70.5 Å². The minimum atomic E-state index is -2.41. The molecule has 4 aromatic heterocycles. The average Bonchev–Trinajstić information content (AvgIpc) is 1.67. The molecular formula is C78H78BClN2O4. The van der Waals surface area contributed by atoms with E-state index in [0.717, 1.165) is 66.7 Å². The predicted molar refractivity (Wildman–Crippen MR) is 370 cm³/mol. The van der Waals surface area contributed by atoms with Crippen molar-refractivity contribution in [2.45, 2.75) is 122 Å². The van der Waals surface area contributed by atoms with Crippen molar-refractivity contribution in [2.24, 2.45) is 10.8 Å². The fraction of sp³-hybridized carbons (Fsp3) is 0.256. The Morgan fingerprint density at radius 2 is 0.860 bits per heavy atom. The summed E-state index contributed by atoms with van der Waals surface area (Å²) in [5.41, 5.74) is 5.21. The van der Waals surface area contributed by atoms with E-state index in [1.54, 1.807) is 27.0 Å². The van der Waals surface area contributed by atoms with Crippen LogP contribution in [-0.4, -0.2) is 28.3 Å². The first-order valence-electron chi connectivity index (χ1n) is 32.2. The van der Waals surface area contributed by atoms with Gasteiger partial charge in [-0.1, -0.05) is 195 Å². The lowest BCUT2D eigenvalue weighted by atomic mass is 9.78. The molecule has 1 aliphatic heterocycles. The van der Waals surface area contributed by atoms with Gasteiger partial charge < -0.3 is 18.1 Å². The van der Waals surface area contributed by atoms with Crippen LogP contribution >= 0.6 is 11.6 Å². The number of benzene rings is 10. The summed E-state index contributed by atoms with van der Waals surface area (Å²) in [6, 6.07) is 58.8. The molecule has 0 N–H and O–H groups in total. The molecule has 0 aliphatic carbocycles. The Morgan fingerprint density at radius 3 is 1.34 bits per heavy atom. The van der Waals surface area contributed by atoms with E-state index in [4.69, 9.17) is 44.3 Å². The highest BCUT2D eigenvalue weighted by molar-refractivity contribution is 6.65. The van der Waals surface area contributed by atoms with E-state index in [-0.39, 0.29) is 31.1 Å². The van der Waals surface area contributed by atoms with Crippen molar-refractivity contribution >= 4 is 133 Å². The van der Waals surface area contributed by atoms with Crippen molar-refractivity contribution in [2.75, 3.05) is 0 Å². The minimum absolute atomic E-state index is 0. The van der Waals surface area contributed by atoms with Crippen LogP contribution in [0.3, 0.4) is 0 Å². The maximum Gasteiger partial charge on any atom is 0.498 e. The first-order chi connectivity index (χ1) is 42.9. The van der Waals surface area contributed by atoms with Gasteiger partial charge in [0.05, 0.1) is 16.9 Å². The predicted octanol–water partition coefficient (Wildman–Crippen LogP) is 22.3. The molecule has 0 radical (unpaired) electrons. The highest BCUT2D eigenvalue weighted by atomic mass is 35.5. The molecule has 14 aromatic rings. The van der Waals surface area contributed by atoms with Gasteiger partial charge >= 0.3 is 7.12 Å². The number of nitrogens with zero attached hydrogens (tertiary/aromatic N) is 2. The Morgan fingerprint density at radius 1 is 0.465 bits per heavy atom. The highest BCUT2D eigenvalue weighted by Crippen LogP contribution is 2.46. The van der Waals surface area contributed by atoms with E-state index in [1.807, 2.05) is 45.9 Å². The van der Waals surface area contributed by atoms with Crippen molar-refractivity contribution in [3.05, 3.63) is 210 Å². The Balaban J connectivity index is 0.000000150. The Labute approximate surface area is 521 Å². The summed E-state index contributed by atoms with van der Waals surface area (Å²) in [5.74, 6) is 0. The lowest BCUT2D eigenvalue weighted by molar-refractivity contribution is 0.00578. The standard InChI is InChI=1S/C35H29NO.C30H25BO3.C11H16ClN.2CH4/c1-21-20-36-30(18-22(21)19-35(2,3)4)28-14-9-15-29-33-31(37-34(28)29)17-16-27-25-12-6-5-10-23(25)24-11-7-8-13-26(24)32(27)33;1-29(2)30(3,4)34-31(33-29)24-15-9-14-23-27-25(32-28(23)24)17-16-22-20-12-6-5-10-18(20)19-11-7-8-13-21(19)26(22)27;1-8-7-13-10(12)5-9(8)6-11(2,3)4;;/h5-18,20H,19H2,1-4H3;5-17H,1-4H3;5,7H,6H2,1-4H3;2*1H4/i19D2;;1D3,6D2;;. The van der Waals surface area contributed by atoms with Crippen LogP contribution in [0.15, 0.2) is 191 Å². The zero-order chi connectivity index (χ0) is 64.7. The first kappa shape index (κ1) is 51.2. The molecule has 434 valence electrons. The van der Waals surface area contributed by atoms with E-state index < -0.39 is 48.7 Å². The van der Waals surface area contributed by atoms with Crippen LogP contribution < -0.4 is 5.46 Å². The van der Waals surface area contributed by atoms with Crippen molar-refractivity contribution in [1.82, 2.24) is 9.97 Å². The molecule has 15 rings (SSSR count). The molecule has 6 nitrogen and oxygen atoms in total. The second-order valence-corrected chi connectivity index (χ2v) is 25.7. The quantitative estimate of drug-likeness (QED) is 0.0993. The molecule has 1 aliphatic rings. The molecule has 0 bridgehead atoms. The molecule has 0 amide bonds. The zero-order valence-electron chi connectivity index (χ0n) is 56.3. The van der Waals surface area contributed by atoms with Crippen LogP contribution in [0.2, 0.25) is 5.15 Å². The maximum atomic E-state index is 8.92. The van der Waals surface area contributed by atoms with Crippen molar-refractivity contribution in [3.8, 4) is 11.3 Å². The van der Waals surface area contributed by atoms with Gasteiger partial charge in [-0.3, -0.25) is 4.98 Å². The number of pyridine rings is 2. The fourth-order valence-corrected chi connectivity index (χ4v) is 12.2. The highest BCUT2D eigenvalue weighted by Gasteiger charge is 2.52. The van der Waals surface area contributed by atoms with E-state index in [0.29, 0.717) is 11.3 Å². The summed E-state index contributed by atoms with van der Waals surface area (Å²) >= 11 is 5.76. The fourth-order valence-electron chi connectivity index (χ4n) is 12.1. The molecule has 1 fully saturated rings. The number of rotatable bonds is 4. The number of halogens is 1. The lowest BCUT2D eigenvalue weighted by Crippen LogP contribution is -2.41. The number of fused-ring (bicyclic) bond motifs is 20. The lowest BCUT2D eigenvalue weighted by Gasteiger charge is -2.32. The van der Waals surface area contributed by atoms with Crippen molar-refractivity contribution in [1.29, 1.82) is 0 Å². The second-order valence-electron chi connectivity index (χ2n) is 25.3. The second kappa shape index (κ2) is 22.3. The number of hydrogen-bond acceptors (Lipinski definition) is 6. The third-order valence-electron chi connectivity index (χ3n) is 16.5. The molecule has 0 unspecified atom stereocenters. The normalized spacial score (nSPS) is 15.8. The van der Waals surface area contributed by atoms with Crippen molar-refractivity contribution < 1.29 is 27.7 Å². The SMILES string of the molecule is C.C.CC1(C)OB(c2cccc3c2oc2ccc4c5ccccc5c5ccccc5c4c23)OC1(C)C.[2H]C([2H])([2H])c1cnc(Cl)cc1C([2H])([2H])C(C)(C)C.[2H]C([2H])(c1cc(-c2cccc3c2oc2ccc4c5ccccc5c5ccccc5c4c23)ncc1C)C(C)(C)C. The molecular weight excluding hydrogens is 1080 g/mol. The summed E-state index contributed by atoms with van der Waals surface area (Å²) in [6.45, 7) is 18.8. The number of aryl methyl sites for hydroxylation is 2. The minimum Gasteiger partial charge on any atom is -0.456 e. The molecule has 10 aromatic carbocycles. The van der Waals surface area contributed by atoms with Gasteiger partial charge in [0.25, 0.3) is 0 Å². The molecule has 0 saturated carbocycles. The van der Waals surface area contributed by atoms with Gasteiger partial charge in [-0.25, -0.2) is 4.98 Å². The summed E-state index contributed by atoms with van der Waals surface area (Å²) in [6.07, 6.45) is -0.422. The number of hydrogen-bond donors (Lipinski definition) is 0. The average molecular weight is 1160 g/mol. The Hall–Kier alpha value is -8.07. The van der Waals surface area contributed by atoms with Gasteiger partial charge in [-0.2, -0.15) is 0 Å². The molecule has 5 heterocycles. The van der Waals surface area contributed by atoms with E-state index >= 15 is 0 Å². The number of furan rings is 2. The van der Waals surface area contributed by atoms with Gasteiger partial charge in [0.15, 0.2) is 0 Å². The number of para-hydroxylation sites is 2. The van der Waals surface area contributed by atoms with Gasteiger partial charge in [-0.15, -0.1) is 0 Å². The van der Waals surface area contributed by atoms with Gasteiger partial charge in [0.1, 0.15) is 27.5 Å². The van der Waals surface area contributed by atoms with Gasteiger partial charge in [-0.05, 0) is 184 Å². The van der Waals surface area contributed by atoms with Crippen LogP contribution in [-0.2, 0) is 22.1 Å². The molecule has 0 spiro atoms. The first-order valence-corrected chi connectivity index (χ1v) is 29.1. The number of aromatic nitrogens is 2. The molecule has 0 atom stereocenters. The molecule has 1 saturated heterocycles. The summed E-state index contributed by atoms with van der Waals surface area (Å²) in [4.78, 5) is 8.49. The van der Waals surface area contributed by atoms with Gasteiger partial charge in [0, 0.05) is 65.3 Å².